The third-order valence-corrected chi connectivity index (χ3v) is 2.38. The fourth-order valence-corrected chi connectivity index (χ4v) is 1.46. The van der Waals surface area contributed by atoms with E-state index >= 15 is 0 Å². The average molecular weight is 262 g/mol. The quantitative estimate of drug-likeness (QED) is 0.868. The summed E-state index contributed by atoms with van der Waals surface area (Å²) in [6.07, 6.45) is 1.25. The second-order valence-corrected chi connectivity index (χ2v) is 3.56. The van der Waals surface area contributed by atoms with E-state index in [0.717, 1.165) is 0 Å². The van der Waals surface area contributed by atoms with E-state index in [1.165, 1.54) is 37.6 Å². The third-order valence-electron chi connectivity index (χ3n) is 2.38. The lowest BCUT2D eigenvalue weighted by atomic mass is 10.1. The maximum absolute atomic E-state index is 11.8. The Balaban J connectivity index is 2.32. The summed E-state index contributed by atoms with van der Waals surface area (Å²) < 4.78 is 9.53. The van der Waals surface area contributed by atoms with E-state index in [1.54, 1.807) is 0 Å². The topological polar surface area (TPSA) is 102 Å². The van der Waals surface area contributed by atoms with Crippen LogP contribution < -0.4 is 10.1 Å². The Morgan fingerprint density at radius 2 is 2.16 bits per heavy atom. The molecule has 7 heteroatoms. The van der Waals surface area contributed by atoms with Gasteiger partial charge in [-0.15, -0.1) is 0 Å². The van der Waals surface area contributed by atoms with Crippen molar-refractivity contribution in [2.75, 3.05) is 12.4 Å². The van der Waals surface area contributed by atoms with Crippen molar-refractivity contribution in [1.29, 1.82) is 0 Å². The van der Waals surface area contributed by atoms with Crippen molar-refractivity contribution in [2.24, 2.45) is 0 Å². The SMILES string of the molecule is COc1ccc(C(=O)O)c(NC(=O)c2ccon2)c1. The average Bonchev–Trinajstić information content (AvgIpc) is 2.92. The number of ether oxygens (including phenoxy) is 1. The maximum Gasteiger partial charge on any atom is 0.337 e. The van der Waals surface area contributed by atoms with Gasteiger partial charge in [0.2, 0.25) is 0 Å². The normalized spacial score (nSPS) is 9.95. The van der Waals surface area contributed by atoms with Crippen molar-refractivity contribution in [3.05, 3.63) is 41.8 Å². The number of anilines is 1. The Morgan fingerprint density at radius 3 is 2.74 bits per heavy atom. The number of nitrogens with one attached hydrogen (secondary N) is 1. The number of carboxylic acid groups (broad SMARTS) is 1. The minimum absolute atomic E-state index is 0.0438. The number of nitrogens with zero attached hydrogens (tertiary/aromatic N) is 1. The van der Waals surface area contributed by atoms with Crippen molar-refractivity contribution in [2.45, 2.75) is 0 Å². The Bertz CT molecular complexity index is 607. The van der Waals surface area contributed by atoms with E-state index in [2.05, 4.69) is 15.0 Å². The number of carboxylic acids is 1. The van der Waals surface area contributed by atoms with E-state index in [4.69, 9.17) is 9.84 Å². The number of hydrogen-bond donors (Lipinski definition) is 2. The van der Waals surface area contributed by atoms with Crippen LogP contribution in [0.2, 0.25) is 0 Å². The molecule has 1 aromatic heterocycles. The van der Waals surface area contributed by atoms with Gasteiger partial charge in [0.15, 0.2) is 5.69 Å². The number of aromatic nitrogens is 1. The number of benzene rings is 1. The van der Waals surface area contributed by atoms with Crippen LogP contribution in [0.15, 0.2) is 35.1 Å². The van der Waals surface area contributed by atoms with Gasteiger partial charge in [0, 0.05) is 12.1 Å². The summed E-state index contributed by atoms with van der Waals surface area (Å²) in [5.41, 5.74) is 0.136. The van der Waals surface area contributed by atoms with Gasteiger partial charge in [0.25, 0.3) is 5.91 Å². The predicted molar refractivity (Wildman–Crippen MR) is 64.4 cm³/mol. The first kappa shape index (κ1) is 12.6. The third kappa shape index (κ3) is 2.71. The highest BCUT2D eigenvalue weighted by Crippen LogP contribution is 2.23. The molecule has 0 radical (unpaired) electrons. The highest BCUT2D eigenvalue weighted by molar-refractivity contribution is 6.06. The molecule has 0 atom stereocenters. The Labute approximate surface area is 107 Å². The number of rotatable bonds is 4. The fourth-order valence-electron chi connectivity index (χ4n) is 1.46. The minimum Gasteiger partial charge on any atom is -0.497 e. The minimum atomic E-state index is -1.15. The molecule has 1 aromatic carbocycles. The number of carbonyl (C=O) groups is 2. The van der Waals surface area contributed by atoms with Crippen LogP contribution in [0.4, 0.5) is 5.69 Å². The number of methoxy groups -OCH3 is 1. The molecule has 1 amide bonds. The van der Waals surface area contributed by atoms with Gasteiger partial charge >= 0.3 is 5.97 Å². The van der Waals surface area contributed by atoms with E-state index in [1.807, 2.05) is 0 Å². The predicted octanol–water partition coefficient (Wildman–Crippen LogP) is 1.63. The van der Waals surface area contributed by atoms with Gasteiger partial charge in [0.05, 0.1) is 18.4 Å². The van der Waals surface area contributed by atoms with E-state index in [0.29, 0.717) is 5.75 Å². The smallest absolute Gasteiger partial charge is 0.337 e. The zero-order valence-corrected chi connectivity index (χ0v) is 9.91. The molecule has 0 saturated carbocycles. The summed E-state index contributed by atoms with van der Waals surface area (Å²) in [5, 5.41) is 15.0. The van der Waals surface area contributed by atoms with Crippen molar-refractivity contribution in [3.63, 3.8) is 0 Å². The van der Waals surface area contributed by atoms with Crippen molar-refractivity contribution in [1.82, 2.24) is 5.16 Å². The van der Waals surface area contributed by atoms with Crippen LogP contribution in [0.1, 0.15) is 20.8 Å². The molecule has 0 saturated heterocycles. The molecule has 0 bridgehead atoms. The van der Waals surface area contributed by atoms with Gasteiger partial charge in [-0.05, 0) is 12.1 Å². The Morgan fingerprint density at radius 1 is 1.37 bits per heavy atom. The molecule has 0 fully saturated rings. The first-order valence-corrected chi connectivity index (χ1v) is 5.25. The Kier molecular flexibility index (Phi) is 3.46. The van der Waals surface area contributed by atoms with Crippen molar-refractivity contribution in [3.8, 4) is 5.75 Å². The molecule has 0 aliphatic heterocycles. The molecule has 0 spiro atoms. The molecule has 2 N–H and O–H groups in total. The van der Waals surface area contributed by atoms with Crippen molar-refractivity contribution >= 4 is 17.6 Å². The number of carbonyl (C=O) groups excluding carboxylic acids is 1. The summed E-state index contributed by atoms with van der Waals surface area (Å²) in [5.74, 6) is -1.29. The number of hydrogen-bond acceptors (Lipinski definition) is 5. The van der Waals surface area contributed by atoms with Gasteiger partial charge in [-0.2, -0.15) is 0 Å². The van der Waals surface area contributed by atoms with Crippen LogP contribution in [0.25, 0.3) is 0 Å². The monoisotopic (exact) mass is 262 g/mol. The van der Waals surface area contributed by atoms with Gasteiger partial charge in [-0.1, -0.05) is 5.16 Å². The summed E-state index contributed by atoms with van der Waals surface area (Å²) >= 11 is 0. The second-order valence-electron chi connectivity index (χ2n) is 3.56. The van der Waals surface area contributed by atoms with Gasteiger partial charge in [-0.3, -0.25) is 4.79 Å². The lowest BCUT2D eigenvalue weighted by Crippen LogP contribution is -2.15. The van der Waals surface area contributed by atoms with Gasteiger partial charge in [0.1, 0.15) is 12.0 Å². The molecule has 98 valence electrons. The fraction of sp³-hybridized carbons (Fsp3) is 0.0833. The lowest BCUT2D eigenvalue weighted by molar-refractivity contribution is 0.0698. The Hall–Kier alpha value is -2.83. The molecule has 2 aromatic rings. The van der Waals surface area contributed by atoms with Crippen LogP contribution in [0, 0.1) is 0 Å². The summed E-state index contributed by atoms with van der Waals surface area (Å²) in [6, 6.07) is 5.63. The molecule has 2 rings (SSSR count). The molecule has 0 aliphatic carbocycles. The zero-order valence-electron chi connectivity index (χ0n) is 9.91. The molecule has 1 heterocycles. The number of amides is 1. The maximum atomic E-state index is 11.8. The number of aromatic carboxylic acids is 1. The molecule has 0 aliphatic rings. The lowest BCUT2D eigenvalue weighted by Gasteiger charge is -2.09. The first-order chi connectivity index (χ1) is 9.11. The molecular formula is C12H10N2O5. The molecule has 7 nitrogen and oxygen atoms in total. The first-order valence-electron chi connectivity index (χ1n) is 5.25. The molecule has 0 unspecified atom stereocenters. The summed E-state index contributed by atoms with van der Waals surface area (Å²) in [7, 11) is 1.44. The molecular weight excluding hydrogens is 252 g/mol. The van der Waals surface area contributed by atoms with Crippen LogP contribution in [0.3, 0.4) is 0 Å². The molecule has 19 heavy (non-hydrogen) atoms. The van der Waals surface area contributed by atoms with E-state index in [-0.39, 0.29) is 16.9 Å². The van der Waals surface area contributed by atoms with Gasteiger partial charge < -0.3 is 19.7 Å². The van der Waals surface area contributed by atoms with Crippen molar-refractivity contribution < 1.29 is 24.0 Å². The van der Waals surface area contributed by atoms with Crippen LogP contribution >= 0.6 is 0 Å². The van der Waals surface area contributed by atoms with E-state index in [9.17, 15) is 9.59 Å². The highest BCUT2D eigenvalue weighted by atomic mass is 16.5. The van der Waals surface area contributed by atoms with Crippen LogP contribution in [0.5, 0.6) is 5.75 Å². The highest BCUT2D eigenvalue weighted by Gasteiger charge is 2.16. The van der Waals surface area contributed by atoms with Crippen LogP contribution in [-0.2, 0) is 0 Å². The summed E-state index contributed by atoms with van der Waals surface area (Å²) in [6.45, 7) is 0. The van der Waals surface area contributed by atoms with Gasteiger partial charge in [-0.25, -0.2) is 4.79 Å². The summed E-state index contributed by atoms with van der Waals surface area (Å²) in [4.78, 5) is 22.8. The van der Waals surface area contributed by atoms with E-state index < -0.39 is 11.9 Å². The zero-order chi connectivity index (χ0) is 13.8. The van der Waals surface area contributed by atoms with Crippen LogP contribution in [-0.4, -0.2) is 29.2 Å². The standard InChI is InChI=1S/C12H10N2O5/c1-18-7-2-3-8(12(16)17)10(6-7)13-11(15)9-4-5-19-14-9/h2-6H,1H3,(H,13,15)(H,16,17). The second kappa shape index (κ2) is 5.21. The largest absolute Gasteiger partial charge is 0.497 e.